The van der Waals surface area contributed by atoms with Crippen LogP contribution in [-0.2, 0) is 16.6 Å². The summed E-state index contributed by atoms with van der Waals surface area (Å²) in [5.41, 5.74) is 1.43. The average molecular weight is 349 g/mol. The zero-order valence-corrected chi connectivity index (χ0v) is 14.2. The fraction of sp³-hybridized carbons (Fsp3) is 0.250. The van der Waals surface area contributed by atoms with Crippen LogP contribution in [0.3, 0.4) is 0 Å². The van der Waals surface area contributed by atoms with Gasteiger partial charge in [0.15, 0.2) is 0 Å². The Balaban J connectivity index is 2.25. The third-order valence-electron chi connectivity index (χ3n) is 3.94. The minimum Gasteiger partial charge on any atom is -0.295 e. The number of primary sulfonamides is 1. The highest BCUT2D eigenvalue weighted by Gasteiger charge is 2.19. The number of sulfonamides is 1. The van der Waals surface area contributed by atoms with Crippen molar-refractivity contribution < 1.29 is 13.3 Å². The number of para-hydroxylation sites is 1. The Morgan fingerprint density at radius 3 is 2.50 bits per heavy atom. The molecule has 0 amide bonds. The standard InChI is InChI=1S/C16H19N3O4S/c1-12(13-7-5-8-15(10-13)24(17,22)23)18(2)11-14-6-3-4-9-16(14)19(20)21/h3-10,12H,11H2,1-2H3,(H2,17,22,23)/t12-/m0/s1. The number of nitrogens with zero attached hydrogens (tertiary/aromatic N) is 2. The van der Waals surface area contributed by atoms with E-state index >= 15 is 0 Å². The molecule has 0 fully saturated rings. The smallest absolute Gasteiger partial charge is 0.273 e. The van der Waals surface area contributed by atoms with Crippen LogP contribution in [0.2, 0.25) is 0 Å². The van der Waals surface area contributed by atoms with E-state index in [1.54, 1.807) is 30.3 Å². The summed E-state index contributed by atoms with van der Waals surface area (Å²) in [5, 5.41) is 16.3. The number of rotatable bonds is 6. The summed E-state index contributed by atoms with van der Waals surface area (Å²) in [4.78, 5) is 12.7. The molecule has 8 heteroatoms. The lowest BCUT2D eigenvalue weighted by Crippen LogP contribution is -2.23. The van der Waals surface area contributed by atoms with Crippen molar-refractivity contribution in [3.8, 4) is 0 Å². The van der Waals surface area contributed by atoms with Crippen molar-refractivity contribution in [3.05, 3.63) is 69.8 Å². The van der Waals surface area contributed by atoms with E-state index in [0.717, 1.165) is 5.56 Å². The Hall–Kier alpha value is -2.29. The molecule has 0 saturated carbocycles. The monoisotopic (exact) mass is 349 g/mol. The van der Waals surface area contributed by atoms with Crippen LogP contribution in [-0.4, -0.2) is 25.3 Å². The minimum absolute atomic E-state index is 0.0472. The van der Waals surface area contributed by atoms with Gasteiger partial charge in [-0.25, -0.2) is 13.6 Å². The van der Waals surface area contributed by atoms with Gasteiger partial charge >= 0.3 is 0 Å². The van der Waals surface area contributed by atoms with Gasteiger partial charge < -0.3 is 0 Å². The Bertz CT molecular complexity index is 852. The molecule has 0 radical (unpaired) electrons. The molecule has 7 nitrogen and oxygen atoms in total. The van der Waals surface area contributed by atoms with Crippen LogP contribution in [0.4, 0.5) is 5.69 Å². The molecule has 128 valence electrons. The van der Waals surface area contributed by atoms with Gasteiger partial charge in [-0.05, 0) is 31.7 Å². The first-order valence-corrected chi connectivity index (χ1v) is 8.80. The number of hydrogen-bond acceptors (Lipinski definition) is 5. The van der Waals surface area contributed by atoms with Gasteiger partial charge in [0.1, 0.15) is 0 Å². The normalized spacial score (nSPS) is 13.0. The molecule has 0 aliphatic rings. The molecule has 0 aliphatic carbocycles. The summed E-state index contributed by atoms with van der Waals surface area (Å²) in [6.45, 7) is 2.26. The highest BCUT2D eigenvalue weighted by Crippen LogP contribution is 2.25. The predicted molar refractivity (Wildman–Crippen MR) is 90.8 cm³/mol. The second-order valence-electron chi connectivity index (χ2n) is 5.59. The molecular formula is C16H19N3O4S. The van der Waals surface area contributed by atoms with Gasteiger partial charge in [0.25, 0.3) is 5.69 Å². The largest absolute Gasteiger partial charge is 0.295 e. The first-order chi connectivity index (χ1) is 11.2. The van der Waals surface area contributed by atoms with Crippen LogP contribution in [0.15, 0.2) is 53.4 Å². The lowest BCUT2D eigenvalue weighted by molar-refractivity contribution is -0.385. The molecule has 2 N–H and O–H groups in total. The van der Waals surface area contributed by atoms with E-state index in [9.17, 15) is 18.5 Å². The maximum atomic E-state index is 11.5. The van der Waals surface area contributed by atoms with Crippen LogP contribution in [0, 0.1) is 10.1 Å². The number of nitrogens with two attached hydrogens (primary N) is 1. The SMILES string of the molecule is C[C@@H](c1cccc(S(N)(=O)=O)c1)N(C)Cc1ccccc1[N+](=O)[O-]. The second kappa shape index (κ2) is 7.08. The molecule has 0 aromatic heterocycles. The lowest BCUT2D eigenvalue weighted by Gasteiger charge is -2.25. The summed E-state index contributed by atoms with van der Waals surface area (Å²) in [7, 11) is -1.94. The van der Waals surface area contributed by atoms with Crippen molar-refractivity contribution in [3.63, 3.8) is 0 Å². The van der Waals surface area contributed by atoms with E-state index in [1.165, 1.54) is 18.2 Å². The van der Waals surface area contributed by atoms with Crippen molar-refractivity contribution in [1.29, 1.82) is 0 Å². The van der Waals surface area contributed by atoms with Gasteiger partial charge in [0.2, 0.25) is 10.0 Å². The number of nitro benzene ring substituents is 1. The Morgan fingerprint density at radius 1 is 1.21 bits per heavy atom. The number of benzene rings is 2. The molecule has 2 rings (SSSR count). The van der Waals surface area contributed by atoms with Gasteiger partial charge in [0.05, 0.1) is 9.82 Å². The van der Waals surface area contributed by atoms with Crippen LogP contribution < -0.4 is 5.14 Å². The van der Waals surface area contributed by atoms with Crippen molar-refractivity contribution >= 4 is 15.7 Å². The molecule has 1 atom stereocenters. The summed E-state index contributed by atoms with van der Waals surface area (Å²) in [6.07, 6.45) is 0. The van der Waals surface area contributed by atoms with Crippen molar-refractivity contribution in [2.24, 2.45) is 5.14 Å². The van der Waals surface area contributed by atoms with Crippen molar-refractivity contribution in [2.75, 3.05) is 7.05 Å². The molecule has 0 bridgehead atoms. The third-order valence-corrected chi connectivity index (χ3v) is 4.85. The lowest BCUT2D eigenvalue weighted by atomic mass is 10.1. The zero-order chi connectivity index (χ0) is 17.9. The first-order valence-electron chi connectivity index (χ1n) is 7.25. The van der Waals surface area contributed by atoms with Gasteiger partial charge in [-0.3, -0.25) is 15.0 Å². The molecule has 0 heterocycles. The van der Waals surface area contributed by atoms with E-state index in [2.05, 4.69) is 0 Å². The first kappa shape index (κ1) is 18.1. The Kier molecular flexibility index (Phi) is 5.33. The van der Waals surface area contributed by atoms with Crippen molar-refractivity contribution in [1.82, 2.24) is 4.90 Å². The highest BCUT2D eigenvalue weighted by molar-refractivity contribution is 7.89. The fourth-order valence-corrected chi connectivity index (χ4v) is 3.00. The molecular weight excluding hydrogens is 330 g/mol. The quantitative estimate of drug-likeness (QED) is 0.637. The number of hydrogen-bond donors (Lipinski definition) is 1. The maximum Gasteiger partial charge on any atom is 0.273 e. The predicted octanol–water partition coefficient (Wildman–Crippen LogP) is 2.44. The van der Waals surface area contributed by atoms with E-state index in [0.29, 0.717) is 12.1 Å². The van der Waals surface area contributed by atoms with Crippen LogP contribution in [0.25, 0.3) is 0 Å². The van der Waals surface area contributed by atoms with Crippen molar-refractivity contribution in [2.45, 2.75) is 24.4 Å². The van der Waals surface area contributed by atoms with Crippen LogP contribution >= 0.6 is 0 Å². The minimum atomic E-state index is -3.77. The van der Waals surface area contributed by atoms with Crippen LogP contribution in [0.1, 0.15) is 24.1 Å². The summed E-state index contributed by atoms with van der Waals surface area (Å²) in [6, 6.07) is 12.8. The fourth-order valence-electron chi connectivity index (χ4n) is 2.43. The Morgan fingerprint density at radius 2 is 1.88 bits per heavy atom. The topological polar surface area (TPSA) is 107 Å². The van der Waals surface area contributed by atoms with E-state index < -0.39 is 14.9 Å². The zero-order valence-electron chi connectivity index (χ0n) is 13.4. The van der Waals surface area contributed by atoms with E-state index in [-0.39, 0.29) is 16.6 Å². The molecule has 0 unspecified atom stereocenters. The molecule has 0 aliphatic heterocycles. The molecule has 0 spiro atoms. The third kappa shape index (κ3) is 4.16. The summed E-state index contributed by atoms with van der Waals surface area (Å²) < 4.78 is 23.0. The molecule has 2 aromatic rings. The van der Waals surface area contributed by atoms with Crippen LogP contribution in [0.5, 0.6) is 0 Å². The molecule has 24 heavy (non-hydrogen) atoms. The number of nitro groups is 1. The summed E-state index contributed by atoms with van der Waals surface area (Å²) in [5.74, 6) is 0. The van der Waals surface area contributed by atoms with Gasteiger partial charge in [-0.15, -0.1) is 0 Å². The van der Waals surface area contributed by atoms with E-state index in [4.69, 9.17) is 5.14 Å². The summed E-state index contributed by atoms with van der Waals surface area (Å²) >= 11 is 0. The molecule has 0 saturated heterocycles. The van der Waals surface area contributed by atoms with Gasteiger partial charge in [-0.2, -0.15) is 0 Å². The van der Waals surface area contributed by atoms with E-state index in [1.807, 2.05) is 18.9 Å². The average Bonchev–Trinajstić information content (AvgIpc) is 2.53. The molecule has 2 aromatic carbocycles. The highest BCUT2D eigenvalue weighted by atomic mass is 32.2. The Labute approximate surface area is 140 Å². The van der Waals surface area contributed by atoms with Gasteiger partial charge in [0, 0.05) is 24.2 Å². The van der Waals surface area contributed by atoms with Gasteiger partial charge in [-0.1, -0.05) is 30.3 Å². The second-order valence-corrected chi connectivity index (χ2v) is 7.16. The maximum absolute atomic E-state index is 11.5.